The second-order valence-corrected chi connectivity index (χ2v) is 14.3. The lowest BCUT2D eigenvalue weighted by molar-refractivity contribution is -0.131. The third-order valence-electron chi connectivity index (χ3n) is 10.1. The molecule has 49 heavy (non-hydrogen) atoms. The van der Waals surface area contributed by atoms with E-state index in [4.69, 9.17) is 0 Å². The molecule has 0 aromatic heterocycles. The SMILES string of the molecule is Cc1ccc(C2C3=C(CC(C)(C)CC3=O)Nc3ccccc3N2CC(=O)N2CCN(C(c3ccc(F)cc3)c3ccc(F)cc3)CC2)cc1. The Bertz CT molecular complexity index is 1830. The predicted octanol–water partition coefficient (Wildman–Crippen LogP) is 7.82. The molecule has 8 heteroatoms. The zero-order chi connectivity index (χ0) is 34.3. The maximum Gasteiger partial charge on any atom is 0.242 e. The molecule has 1 fully saturated rings. The molecule has 6 nitrogen and oxygen atoms in total. The van der Waals surface area contributed by atoms with E-state index in [1.807, 2.05) is 36.1 Å². The monoisotopic (exact) mass is 660 g/mol. The van der Waals surface area contributed by atoms with E-state index in [1.165, 1.54) is 24.3 Å². The molecular weight excluding hydrogens is 618 g/mol. The van der Waals surface area contributed by atoms with Gasteiger partial charge in [0.25, 0.3) is 0 Å². The average Bonchev–Trinajstić information content (AvgIpc) is 3.21. The summed E-state index contributed by atoms with van der Waals surface area (Å²) < 4.78 is 27.7. The van der Waals surface area contributed by atoms with Crippen molar-refractivity contribution in [3.63, 3.8) is 0 Å². The Labute approximate surface area is 287 Å². The standard InChI is InChI=1S/C41H42F2N4O2/c1-27-8-10-30(11-9-27)40-38-34(24-41(2,3)25-36(38)48)44-33-6-4-5-7-35(33)47(40)26-37(49)45-20-22-46(23-21-45)39(28-12-16-31(42)17-13-28)29-14-18-32(43)19-15-29/h4-19,39-40,44H,20-26H2,1-3H3. The van der Waals surface area contributed by atoms with Crippen molar-refractivity contribution in [1.29, 1.82) is 0 Å². The van der Waals surface area contributed by atoms with Crippen LogP contribution in [0, 0.1) is 24.0 Å². The number of Topliss-reactive ketones (excluding diaryl/α,β-unsaturated/α-hetero) is 1. The highest BCUT2D eigenvalue weighted by atomic mass is 19.1. The number of hydrogen-bond donors (Lipinski definition) is 1. The third-order valence-corrected chi connectivity index (χ3v) is 10.1. The molecule has 1 unspecified atom stereocenters. The Hall–Kier alpha value is -4.82. The van der Waals surface area contributed by atoms with Gasteiger partial charge in [0.1, 0.15) is 11.6 Å². The van der Waals surface area contributed by atoms with Crippen molar-refractivity contribution in [2.24, 2.45) is 5.41 Å². The first kappa shape index (κ1) is 32.7. The Morgan fingerprint density at radius 2 is 1.41 bits per heavy atom. The summed E-state index contributed by atoms with van der Waals surface area (Å²) in [6, 6.07) is 28.5. The number of para-hydroxylation sites is 2. The summed E-state index contributed by atoms with van der Waals surface area (Å²) in [6.45, 7) is 8.59. The second kappa shape index (κ2) is 13.2. The molecule has 0 saturated carbocycles. The van der Waals surface area contributed by atoms with Gasteiger partial charge in [0.15, 0.2) is 5.78 Å². The number of carbonyl (C=O) groups is 2. The summed E-state index contributed by atoms with van der Waals surface area (Å²) in [4.78, 5) is 34.6. The third kappa shape index (κ3) is 6.75. The van der Waals surface area contributed by atoms with E-state index in [0.29, 0.717) is 32.6 Å². The number of allylic oxidation sites excluding steroid dienone is 1. The number of hydrogen-bond acceptors (Lipinski definition) is 5. The largest absolute Gasteiger partial charge is 0.357 e. The molecule has 4 aromatic rings. The number of aryl methyl sites for hydroxylation is 1. The van der Waals surface area contributed by atoms with Crippen molar-refractivity contribution in [3.05, 3.63) is 142 Å². The van der Waals surface area contributed by atoms with Gasteiger partial charge in [-0.15, -0.1) is 0 Å². The second-order valence-electron chi connectivity index (χ2n) is 14.3. The fraction of sp³-hybridized carbons (Fsp3) is 0.317. The number of nitrogens with one attached hydrogen (secondary N) is 1. The number of halogens is 2. The fourth-order valence-corrected chi connectivity index (χ4v) is 7.70. The minimum absolute atomic E-state index is 0.0145. The number of piperazine rings is 1. The van der Waals surface area contributed by atoms with Crippen molar-refractivity contribution in [2.75, 3.05) is 42.9 Å². The van der Waals surface area contributed by atoms with Gasteiger partial charge in [-0.05, 0) is 71.8 Å². The molecule has 1 N–H and O–H groups in total. The van der Waals surface area contributed by atoms with Crippen LogP contribution in [0.4, 0.5) is 20.2 Å². The Morgan fingerprint density at radius 1 is 0.816 bits per heavy atom. The van der Waals surface area contributed by atoms with Gasteiger partial charge in [-0.2, -0.15) is 0 Å². The molecule has 1 amide bonds. The van der Waals surface area contributed by atoms with Crippen LogP contribution < -0.4 is 10.2 Å². The van der Waals surface area contributed by atoms with Gasteiger partial charge in [-0.25, -0.2) is 8.78 Å². The summed E-state index contributed by atoms with van der Waals surface area (Å²) >= 11 is 0. The molecule has 1 aliphatic carbocycles. The molecule has 3 aliphatic rings. The van der Waals surface area contributed by atoms with Crippen molar-refractivity contribution < 1.29 is 18.4 Å². The van der Waals surface area contributed by atoms with Crippen LogP contribution in [-0.2, 0) is 9.59 Å². The van der Waals surface area contributed by atoms with Crippen LogP contribution in [0.5, 0.6) is 0 Å². The van der Waals surface area contributed by atoms with Crippen molar-refractivity contribution >= 4 is 23.1 Å². The normalized spacial score (nSPS) is 19.3. The molecule has 1 saturated heterocycles. The number of carbonyl (C=O) groups excluding carboxylic acids is 2. The van der Waals surface area contributed by atoms with Crippen LogP contribution in [0.25, 0.3) is 0 Å². The van der Waals surface area contributed by atoms with Gasteiger partial charge < -0.3 is 15.1 Å². The quantitative estimate of drug-likeness (QED) is 0.229. The summed E-state index contributed by atoms with van der Waals surface area (Å²) in [5.41, 5.74) is 7.17. The highest BCUT2D eigenvalue weighted by Crippen LogP contribution is 2.48. The first-order valence-electron chi connectivity index (χ1n) is 17.0. The number of anilines is 2. The van der Waals surface area contributed by atoms with E-state index < -0.39 is 6.04 Å². The Morgan fingerprint density at radius 3 is 2.02 bits per heavy atom. The van der Waals surface area contributed by atoms with Crippen LogP contribution in [0.15, 0.2) is 108 Å². The minimum Gasteiger partial charge on any atom is -0.357 e. The Balaban J connectivity index is 1.18. The minimum atomic E-state index is -0.429. The summed E-state index contributed by atoms with van der Waals surface area (Å²) in [6.07, 6.45) is 1.18. The van der Waals surface area contributed by atoms with E-state index in [1.54, 1.807) is 24.3 Å². The van der Waals surface area contributed by atoms with E-state index in [9.17, 15) is 18.4 Å². The first-order valence-corrected chi connectivity index (χ1v) is 17.0. The number of nitrogens with zero attached hydrogens (tertiary/aromatic N) is 3. The summed E-state index contributed by atoms with van der Waals surface area (Å²) in [5, 5.41) is 3.64. The maximum absolute atomic E-state index is 14.3. The van der Waals surface area contributed by atoms with Gasteiger partial charge in [0, 0.05) is 43.9 Å². The Kier molecular flexibility index (Phi) is 8.84. The molecule has 0 radical (unpaired) electrons. The topological polar surface area (TPSA) is 55.9 Å². The maximum atomic E-state index is 14.3. The van der Waals surface area contributed by atoms with Crippen LogP contribution in [-0.4, -0.2) is 54.2 Å². The highest BCUT2D eigenvalue weighted by Gasteiger charge is 2.42. The van der Waals surface area contributed by atoms with E-state index in [-0.39, 0.29) is 41.3 Å². The van der Waals surface area contributed by atoms with Gasteiger partial charge in [-0.1, -0.05) is 80.1 Å². The zero-order valence-corrected chi connectivity index (χ0v) is 28.3. The van der Waals surface area contributed by atoms with Gasteiger partial charge >= 0.3 is 0 Å². The van der Waals surface area contributed by atoms with Crippen molar-refractivity contribution in [2.45, 2.75) is 45.7 Å². The van der Waals surface area contributed by atoms with E-state index in [0.717, 1.165) is 51.3 Å². The van der Waals surface area contributed by atoms with Crippen LogP contribution in [0.3, 0.4) is 0 Å². The van der Waals surface area contributed by atoms with E-state index >= 15 is 0 Å². The zero-order valence-electron chi connectivity index (χ0n) is 28.3. The van der Waals surface area contributed by atoms with Crippen molar-refractivity contribution in [3.8, 4) is 0 Å². The average molecular weight is 661 g/mol. The molecule has 2 heterocycles. The molecule has 0 bridgehead atoms. The number of benzene rings is 4. The number of ketones is 1. The van der Waals surface area contributed by atoms with Gasteiger partial charge in [0.2, 0.25) is 5.91 Å². The fourth-order valence-electron chi connectivity index (χ4n) is 7.70. The van der Waals surface area contributed by atoms with Crippen LogP contribution in [0.1, 0.15) is 61.0 Å². The van der Waals surface area contributed by atoms with Gasteiger partial charge in [0.05, 0.1) is 30.0 Å². The molecular formula is C41H42F2N4O2. The lowest BCUT2D eigenvalue weighted by Gasteiger charge is -2.41. The molecule has 252 valence electrons. The first-order chi connectivity index (χ1) is 23.6. The van der Waals surface area contributed by atoms with Crippen LogP contribution >= 0.6 is 0 Å². The number of amides is 1. The molecule has 1 atom stereocenters. The number of fused-ring (bicyclic) bond motifs is 1. The molecule has 0 spiro atoms. The summed E-state index contributed by atoms with van der Waals surface area (Å²) in [7, 11) is 0. The number of rotatable bonds is 6. The summed E-state index contributed by atoms with van der Waals surface area (Å²) in [5.74, 6) is -0.532. The molecule has 4 aromatic carbocycles. The smallest absolute Gasteiger partial charge is 0.242 e. The predicted molar refractivity (Wildman–Crippen MR) is 189 cm³/mol. The molecule has 7 rings (SSSR count). The lowest BCUT2D eigenvalue weighted by Crippen LogP contribution is -2.52. The lowest BCUT2D eigenvalue weighted by atomic mass is 9.73. The highest BCUT2D eigenvalue weighted by molar-refractivity contribution is 6.02. The van der Waals surface area contributed by atoms with Gasteiger partial charge in [-0.3, -0.25) is 14.5 Å². The molecule has 2 aliphatic heterocycles. The van der Waals surface area contributed by atoms with Crippen molar-refractivity contribution in [1.82, 2.24) is 9.80 Å². The van der Waals surface area contributed by atoms with E-state index in [2.05, 4.69) is 53.2 Å². The van der Waals surface area contributed by atoms with Crippen LogP contribution in [0.2, 0.25) is 0 Å².